The maximum Gasteiger partial charge on any atom is 0.351 e. The summed E-state index contributed by atoms with van der Waals surface area (Å²) < 4.78 is 88.3. The third-order valence-corrected chi connectivity index (χ3v) is 13.9. The first-order valence-corrected chi connectivity index (χ1v) is 29.1. The predicted octanol–water partition coefficient (Wildman–Crippen LogP) is -1.04. The maximum absolute atomic E-state index is 12.4. The first kappa shape index (κ1) is 67.3. The summed E-state index contributed by atoms with van der Waals surface area (Å²) in [6, 6.07) is 0.373. The van der Waals surface area contributed by atoms with Crippen LogP contribution in [0.15, 0.2) is 11.0 Å². The van der Waals surface area contributed by atoms with E-state index in [4.69, 9.17) is 76.7 Å². The number of aliphatic hydroxyl groups is 1. The second-order valence-corrected chi connectivity index (χ2v) is 19.8. The first-order chi connectivity index (χ1) is 38.1. The Balaban J connectivity index is 0.758. The summed E-state index contributed by atoms with van der Waals surface area (Å²) in [6.07, 6.45) is 2.14. The van der Waals surface area contributed by atoms with Crippen molar-refractivity contribution < 1.29 is 95.1 Å². The molecule has 78 heavy (non-hydrogen) atoms. The van der Waals surface area contributed by atoms with Gasteiger partial charge in [0.05, 0.1) is 177 Å². The first-order valence-electron chi connectivity index (χ1n) is 26.8. The molecule has 0 spiro atoms. The van der Waals surface area contributed by atoms with Crippen LogP contribution in [0.2, 0.25) is 0 Å². The molecular formula is C48H86N7O21PS. The molecule has 30 heteroatoms. The van der Waals surface area contributed by atoms with Crippen LogP contribution in [0, 0.1) is 0 Å². The molecule has 1 aromatic heterocycles. The highest BCUT2D eigenvalue weighted by molar-refractivity contribution is 8.00. The third-order valence-electron chi connectivity index (χ3n) is 11.9. The SMILES string of the molecule is Nc1nc(=O)n([C@@H]2OC[C@H](O[PH](=O)O)C2O)cc1CCCNC(=O)CCOCCOCCOCCOCCOCCOCCOCCOCCOCCOCCOCCOCCNC(=O)CCCC[C@@H]1SC[C@@H]2NC(=O)N[C@@H]21. The second kappa shape index (κ2) is 43.5. The van der Waals surface area contributed by atoms with Gasteiger partial charge in [-0.1, -0.05) is 6.42 Å². The van der Waals surface area contributed by atoms with E-state index in [1.807, 2.05) is 11.8 Å². The molecule has 2 unspecified atom stereocenters. The summed E-state index contributed by atoms with van der Waals surface area (Å²) in [5.41, 5.74) is 5.67. The van der Waals surface area contributed by atoms with Gasteiger partial charge in [-0.25, -0.2) is 9.59 Å². The van der Waals surface area contributed by atoms with Gasteiger partial charge in [-0.2, -0.15) is 16.7 Å². The van der Waals surface area contributed by atoms with E-state index in [0.717, 1.165) is 29.6 Å². The van der Waals surface area contributed by atoms with Crippen LogP contribution in [0.4, 0.5) is 10.6 Å². The number of nitrogens with two attached hydrogens (primary N) is 1. The van der Waals surface area contributed by atoms with Crippen LogP contribution in [0.1, 0.15) is 50.3 Å². The van der Waals surface area contributed by atoms with E-state index in [-0.39, 0.29) is 55.4 Å². The van der Waals surface area contributed by atoms with Gasteiger partial charge in [0, 0.05) is 48.7 Å². The summed E-state index contributed by atoms with van der Waals surface area (Å²) in [6.45, 7) is 10.9. The van der Waals surface area contributed by atoms with E-state index < -0.39 is 32.4 Å². The van der Waals surface area contributed by atoms with E-state index in [9.17, 15) is 28.8 Å². The molecule has 4 amide bonds. The average Bonchev–Trinajstić information content (AvgIpc) is 4.16. The topological polar surface area (TPSA) is 347 Å². The number of nitrogens with one attached hydrogen (secondary N) is 4. The van der Waals surface area contributed by atoms with Crippen LogP contribution in [0.5, 0.6) is 0 Å². The van der Waals surface area contributed by atoms with Crippen LogP contribution in [0.3, 0.4) is 0 Å². The van der Waals surface area contributed by atoms with Crippen LogP contribution < -0.4 is 32.7 Å². The number of hydrogen-bond acceptors (Lipinski definition) is 23. The number of aryl methyl sites for hydroxylation is 1. The lowest BCUT2D eigenvalue weighted by Crippen LogP contribution is -2.36. The molecule has 0 saturated carbocycles. The van der Waals surface area contributed by atoms with Crippen molar-refractivity contribution >= 4 is 43.7 Å². The Bertz CT molecular complexity index is 1850. The number of unbranched alkanes of at least 4 members (excludes halogenated alkanes) is 1. The van der Waals surface area contributed by atoms with Gasteiger partial charge in [-0.05, 0) is 25.7 Å². The standard InChI is InChI=1S/C48H86N7O21PS/c49-45-37(34-55(48(60)54-45)46-44(58)39(35-75-46)76-77(61)62)4-3-8-50-42(57)7-10-63-12-14-65-16-18-67-20-22-69-24-26-71-28-30-73-32-33-74-31-29-72-27-25-70-23-21-68-19-17-66-15-13-64-11-9-51-41(56)6-2-1-5-40-43-38(36-78-40)52-47(59)53-43/h34,38-40,43-44,46,58,77H,1-33,35-36H2,(H,50,57)(H,51,56)(H,61,62)(H2,49,54,60)(H2,52,53,59)/t38-,39-,40-,43-,44?,46+/m0/s1. The summed E-state index contributed by atoms with van der Waals surface area (Å²) in [5, 5.41) is 22.5. The van der Waals surface area contributed by atoms with Crippen LogP contribution in [-0.2, 0) is 86.7 Å². The predicted molar refractivity (Wildman–Crippen MR) is 283 cm³/mol. The zero-order chi connectivity index (χ0) is 55.7. The summed E-state index contributed by atoms with van der Waals surface area (Å²) in [5.74, 6) is 0.805. The number of amides is 4. The molecule has 0 aliphatic carbocycles. The number of anilines is 1. The number of carbonyl (C=O) groups is 3. The maximum atomic E-state index is 12.4. The van der Waals surface area contributed by atoms with E-state index in [1.165, 1.54) is 6.20 Å². The zero-order valence-electron chi connectivity index (χ0n) is 44.8. The van der Waals surface area contributed by atoms with Crippen molar-refractivity contribution in [3.05, 3.63) is 22.2 Å². The minimum absolute atomic E-state index is 0.0167. The average molecular weight is 1160 g/mol. The Morgan fingerprint density at radius 3 is 1.63 bits per heavy atom. The van der Waals surface area contributed by atoms with Crippen molar-refractivity contribution in [2.24, 2.45) is 0 Å². The van der Waals surface area contributed by atoms with Gasteiger partial charge in [0.25, 0.3) is 0 Å². The fourth-order valence-electron chi connectivity index (χ4n) is 7.86. The van der Waals surface area contributed by atoms with Gasteiger partial charge in [0.2, 0.25) is 11.8 Å². The minimum atomic E-state index is -3.31. The highest BCUT2D eigenvalue weighted by Gasteiger charge is 2.43. The lowest BCUT2D eigenvalue weighted by atomic mass is 10.0. The molecule has 1 aromatic rings. The van der Waals surface area contributed by atoms with Gasteiger partial charge in [0.15, 0.2) is 6.23 Å². The number of thioether (sulfide) groups is 1. The molecule has 28 nitrogen and oxygen atoms in total. The van der Waals surface area contributed by atoms with Gasteiger partial charge in [-0.15, -0.1) is 0 Å². The van der Waals surface area contributed by atoms with Crippen molar-refractivity contribution in [3.63, 3.8) is 0 Å². The number of aliphatic hydroxyl groups excluding tert-OH is 1. The van der Waals surface area contributed by atoms with E-state index in [2.05, 4.69) is 26.3 Å². The molecule has 7 atom stereocenters. The van der Waals surface area contributed by atoms with Crippen LogP contribution in [0.25, 0.3) is 0 Å². The molecule has 0 bridgehead atoms. The lowest BCUT2D eigenvalue weighted by molar-refractivity contribution is -0.122. The lowest BCUT2D eigenvalue weighted by Gasteiger charge is -2.19. The Labute approximate surface area is 460 Å². The highest BCUT2D eigenvalue weighted by atomic mass is 32.2. The fourth-order valence-corrected chi connectivity index (χ4v) is 9.87. The quantitative estimate of drug-likeness (QED) is 0.0233. The molecule has 3 saturated heterocycles. The van der Waals surface area contributed by atoms with Crippen molar-refractivity contribution in [2.75, 3.05) is 190 Å². The second-order valence-electron chi connectivity index (χ2n) is 17.7. The minimum Gasteiger partial charge on any atom is -0.386 e. The molecule has 450 valence electrons. The van der Waals surface area contributed by atoms with E-state index in [1.54, 1.807) is 0 Å². The number of rotatable bonds is 51. The van der Waals surface area contributed by atoms with Crippen molar-refractivity contribution in [3.8, 4) is 0 Å². The van der Waals surface area contributed by atoms with Crippen molar-refractivity contribution in [1.82, 2.24) is 30.8 Å². The van der Waals surface area contributed by atoms with Crippen LogP contribution in [-0.4, -0.2) is 251 Å². The number of fused-ring (bicyclic) bond motifs is 1. The Morgan fingerprint density at radius 2 is 1.13 bits per heavy atom. The molecule has 4 rings (SSSR count). The Kier molecular flexibility index (Phi) is 37.6. The molecule has 3 fully saturated rings. The smallest absolute Gasteiger partial charge is 0.351 e. The number of aromatic nitrogens is 2. The van der Waals surface area contributed by atoms with Gasteiger partial charge < -0.3 is 103 Å². The molecule has 0 radical (unpaired) electrons. The van der Waals surface area contributed by atoms with Gasteiger partial charge in [0.1, 0.15) is 18.0 Å². The van der Waals surface area contributed by atoms with Crippen molar-refractivity contribution in [1.29, 1.82) is 0 Å². The number of ether oxygens (including phenoxy) is 13. The van der Waals surface area contributed by atoms with Gasteiger partial charge >= 0.3 is 20.0 Å². The summed E-state index contributed by atoms with van der Waals surface area (Å²) in [4.78, 5) is 61.0. The molecule has 4 heterocycles. The highest BCUT2D eigenvalue weighted by Crippen LogP contribution is 2.33. The van der Waals surface area contributed by atoms with E-state index >= 15 is 0 Å². The Morgan fingerprint density at radius 1 is 0.667 bits per heavy atom. The number of urea groups is 1. The molecule has 0 aromatic carbocycles. The van der Waals surface area contributed by atoms with Gasteiger partial charge in [-0.3, -0.25) is 18.7 Å². The summed E-state index contributed by atoms with van der Waals surface area (Å²) >= 11 is 1.89. The zero-order valence-corrected chi connectivity index (χ0v) is 46.6. The van der Waals surface area contributed by atoms with E-state index in [0.29, 0.717) is 195 Å². The monoisotopic (exact) mass is 1160 g/mol. The number of carbonyl (C=O) groups excluding carboxylic acids is 3. The molecular weight excluding hydrogens is 1070 g/mol. The molecule has 3 aliphatic rings. The third kappa shape index (κ3) is 30.6. The number of nitrogen functional groups attached to an aromatic ring is 1. The van der Waals surface area contributed by atoms with Crippen LogP contribution >= 0.6 is 20.0 Å². The normalized spacial score (nSPS) is 20.2. The largest absolute Gasteiger partial charge is 0.386 e. The molecule has 8 N–H and O–H groups in total. The molecule has 3 aliphatic heterocycles. The number of nitrogens with zero attached hydrogens (tertiary/aromatic N) is 2. The Hall–Kier alpha value is -3.17. The van der Waals surface area contributed by atoms with Crippen molar-refractivity contribution in [2.45, 2.75) is 80.7 Å². The summed E-state index contributed by atoms with van der Waals surface area (Å²) in [7, 11) is -3.31. The fraction of sp³-hybridized carbons (Fsp3) is 0.854. The number of hydrogen-bond donors (Lipinski definition) is 7.